The van der Waals surface area contributed by atoms with Crippen molar-refractivity contribution in [2.75, 3.05) is 4.90 Å². The van der Waals surface area contributed by atoms with Gasteiger partial charge in [-0.3, -0.25) is 14.3 Å². The number of hydrogen-bond acceptors (Lipinski definition) is 3. The summed E-state index contributed by atoms with van der Waals surface area (Å²) in [5.41, 5.74) is 0.528. The Morgan fingerprint density at radius 2 is 1.88 bits per heavy atom. The molecule has 1 aliphatic rings. The summed E-state index contributed by atoms with van der Waals surface area (Å²) >= 11 is 0. The van der Waals surface area contributed by atoms with Gasteiger partial charge in [-0.2, -0.15) is 5.10 Å². The van der Waals surface area contributed by atoms with Gasteiger partial charge < -0.3 is 0 Å². The highest BCUT2D eigenvalue weighted by Crippen LogP contribution is 2.18. The average Bonchev–Trinajstić information content (AvgIpc) is 2.73. The van der Waals surface area contributed by atoms with E-state index in [4.69, 9.17) is 0 Å². The number of nitrogens with zero attached hydrogens (tertiary/aromatic N) is 3. The van der Waals surface area contributed by atoms with E-state index in [1.54, 1.807) is 10.9 Å². The average molecular weight is 219 g/mol. The number of aromatic nitrogens is 2. The zero-order valence-electron chi connectivity index (χ0n) is 9.25. The van der Waals surface area contributed by atoms with Crippen LogP contribution >= 0.6 is 0 Å². The molecule has 0 saturated carbocycles. The number of imide groups is 1. The van der Waals surface area contributed by atoms with Crippen LogP contribution in [-0.4, -0.2) is 21.6 Å². The number of rotatable bonds is 3. The number of hydrogen-bond donors (Lipinski definition) is 0. The molecule has 0 spiro atoms. The fourth-order valence-electron chi connectivity index (χ4n) is 1.60. The Kier molecular flexibility index (Phi) is 2.60. The summed E-state index contributed by atoms with van der Waals surface area (Å²) in [5.74, 6) is -0.154. The van der Waals surface area contributed by atoms with Gasteiger partial charge in [0.25, 0.3) is 11.8 Å². The molecule has 0 saturated heterocycles. The van der Waals surface area contributed by atoms with Crippen LogP contribution in [0.3, 0.4) is 0 Å². The van der Waals surface area contributed by atoms with Crippen LogP contribution in [0.15, 0.2) is 24.5 Å². The first-order valence-corrected chi connectivity index (χ1v) is 5.16. The van der Waals surface area contributed by atoms with Crippen molar-refractivity contribution in [1.29, 1.82) is 0 Å². The Labute approximate surface area is 93.3 Å². The largest absolute Gasteiger partial charge is 0.270 e. The second-order valence-corrected chi connectivity index (χ2v) is 4.16. The lowest BCUT2D eigenvalue weighted by Crippen LogP contribution is -2.29. The molecule has 0 aliphatic carbocycles. The Hall–Kier alpha value is -1.91. The zero-order chi connectivity index (χ0) is 11.7. The molecule has 0 unspecified atom stereocenters. The van der Waals surface area contributed by atoms with E-state index in [2.05, 4.69) is 18.9 Å². The number of anilines is 1. The summed E-state index contributed by atoms with van der Waals surface area (Å²) in [6, 6.07) is 0. The van der Waals surface area contributed by atoms with E-state index < -0.39 is 0 Å². The van der Waals surface area contributed by atoms with Gasteiger partial charge in [0, 0.05) is 24.9 Å². The third-order valence-electron chi connectivity index (χ3n) is 2.24. The third-order valence-corrected chi connectivity index (χ3v) is 2.24. The van der Waals surface area contributed by atoms with Crippen molar-refractivity contribution >= 4 is 17.5 Å². The van der Waals surface area contributed by atoms with E-state index in [9.17, 15) is 9.59 Å². The minimum atomic E-state index is -0.311. The molecule has 5 heteroatoms. The molecule has 2 amide bonds. The fraction of sp³-hybridized carbons (Fsp3) is 0.364. The molecular formula is C11H13N3O2. The van der Waals surface area contributed by atoms with E-state index in [1.165, 1.54) is 18.3 Å². The zero-order valence-corrected chi connectivity index (χ0v) is 9.25. The van der Waals surface area contributed by atoms with Crippen molar-refractivity contribution in [3.05, 3.63) is 24.5 Å². The highest BCUT2D eigenvalue weighted by molar-refractivity contribution is 6.28. The molecular weight excluding hydrogens is 206 g/mol. The molecule has 16 heavy (non-hydrogen) atoms. The van der Waals surface area contributed by atoms with Crippen molar-refractivity contribution in [2.45, 2.75) is 20.4 Å². The predicted octanol–water partition coefficient (Wildman–Crippen LogP) is 0.968. The molecule has 1 aliphatic heterocycles. The van der Waals surface area contributed by atoms with Crippen LogP contribution in [0.4, 0.5) is 5.69 Å². The van der Waals surface area contributed by atoms with Crippen LogP contribution in [0.25, 0.3) is 0 Å². The molecule has 0 fully saturated rings. The van der Waals surface area contributed by atoms with Gasteiger partial charge >= 0.3 is 0 Å². The first-order chi connectivity index (χ1) is 7.58. The maximum Gasteiger partial charge on any atom is 0.258 e. The number of carbonyl (C=O) groups is 2. The van der Waals surface area contributed by atoms with E-state index in [0.717, 1.165) is 11.4 Å². The molecule has 1 aromatic heterocycles. The summed E-state index contributed by atoms with van der Waals surface area (Å²) < 4.78 is 1.74. The van der Waals surface area contributed by atoms with Crippen molar-refractivity contribution in [2.24, 2.45) is 5.92 Å². The van der Waals surface area contributed by atoms with Crippen molar-refractivity contribution in [3.63, 3.8) is 0 Å². The standard InChI is InChI=1S/C11H13N3O2/c1-8(2)6-13-7-9(5-12-13)14-10(15)3-4-11(14)16/h3-5,7-8H,6H2,1-2H3. The van der Waals surface area contributed by atoms with Crippen LogP contribution in [0.5, 0.6) is 0 Å². The van der Waals surface area contributed by atoms with Crippen LogP contribution < -0.4 is 4.90 Å². The van der Waals surface area contributed by atoms with Crippen molar-refractivity contribution in [1.82, 2.24) is 9.78 Å². The lowest BCUT2D eigenvalue weighted by molar-refractivity contribution is -0.119. The molecule has 0 N–H and O–H groups in total. The topological polar surface area (TPSA) is 55.2 Å². The highest BCUT2D eigenvalue weighted by Gasteiger charge is 2.26. The quantitative estimate of drug-likeness (QED) is 0.712. The summed E-state index contributed by atoms with van der Waals surface area (Å²) in [5, 5.41) is 4.11. The second kappa shape index (κ2) is 3.92. The van der Waals surface area contributed by atoms with Crippen LogP contribution in [0, 0.1) is 5.92 Å². The van der Waals surface area contributed by atoms with Crippen LogP contribution in [-0.2, 0) is 16.1 Å². The molecule has 2 rings (SSSR count). The van der Waals surface area contributed by atoms with Gasteiger partial charge in [-0.25, -0.2) is 4.90 Å². The number of carbonyl (C=O) groups excluding carboxylic acids is 2. The van der Waals surface area contributed by atoms with Gasteiger partial charge in [0.15, 0.2) is 0 Å². The minimum Gasteiger partial charge on any atom is -0.270 e. The fourth-order valence-corrected chi connectivity index (χ4v) is 1.60. The molecule has 1 aromatic rings. The lowest BCUT2D eigenvalue weighted by Gasteiger charge is -2.10. The maximum atomic E-state index is 11.4. The van der Waals surface area contributed by atoms with Gasteiger partial charge in [-0.15, -0.1) is 0 Å². The molecule has 2 heterocycles. The number of amides is 2. The summed E-state index contributed by atoms with van der Waals surface area (Å²) in [6.45, 7) is 4.92. The SMILES string of the molecule is CC(C)Cn1cc(N2C(=O)C=CC2=O)cn1. The van der Waals surface area contributed by atoms with E-state index in [0.29, 0.717) is 11.6 Å². The monoisotopic (exact) mass is 219 g/mol. The molecule has 0 bridgehead atoms. The maximum absolute atomic E-state index is 11.4. The summed E-state index contributed by atoms with van der Waals surface area (Å²) in [4.78, 5) is 23.9. The predicted molar refractivity (Wildman–Crippen MR) is 58.7 cm³/mol. The first-order valence-electron chi connectivity index (χ1n) is 5.16. The smallest absolute Gasteiger partial charge is 0.258 e. The van der Waals surface area contributed by atoms with Gasteiger partial charge in [-0.05, 0) is 5.92 Å². The van der Waals surface area contributed by atoms with Crippen molar-refractivity contribution < 1.29 is 9.59 Å². The van der Waals surface area contributed by atoms with Crippen LogP contribution in [0.1, 0.15) is 13.8 Å². The van der Waals surface area contributed by atoms with E-state index >= 15 is 0 Å². The van der Waals surface area contributed by atoms with Gasteiger partial charge in [0.05, 0.1) is 11.9 Å². The lowest BCUT2D eigenvalue weighted by atomic mass is 10.2. The second-order valence-electron chi connectivity index (χ2n) is 4.16. The molecule has 5 nitrogen and oxygen atoms in total. The van der Waals surface area contributed by atoms with Gasteiger partial charge in [-0.1, -0.05) is 13.8 Å². The molecule has 0 atom stereocenters. The first kappa shape index (κ1) is 10.6. The molecule has 84 valence electrons. The Morgan fingerprint density at radius 1 is 1.25 bits per heavy atom. The Morgan fingerprint density at radius 3 is 2.44 bits per heavy atom. The van der Waals surface area contributed by atoms with E-state index in [1.807, 2.05) is 0 Å². The van der Waals surface area contributed by atoms with E-state index in [-0.39, 0.29) is 11.8 Å². The van der Waals surface area contributed by atoms with Crippen LogP contribution in [0.2, 0.25) is 0 Å². The summed E-state index contributed by atoms with van der Waals surface area (Å²) in [6.07, 6.45) is 5.78. The van der Waals surface area contributed by atoms with Gasteiger partial charge in [0.1, 0.15) is 0 Å². The minimum absolute atomic E-state index is 0.311. The highest BCUT2D eigenvalue weighted by atomic mass is 16.2. The summed E-state index contributed by atoms with van der Waals surface area (Å²) in [7, 11) is 0. The normalized spacial score (nSPS) is 15.6. The molecule has 0 aromatic carbocycles. The Balaban J connectivity index is 2.19. The third kappa shape index (κ3) is 1.88. The van der Waals surface area contributed by atoms with Gasteiger partial charge in [0.2, 0.25) is 0 Å². The van der Waals surface area contributed by atoms with Crippen molar-refractivity contribution in [3.8, 4) is 0 Å². The Bertz CT molecular complexity index is 442. The molecule has 0 radical (unpaired) electrons.